The molecule has 0 saturated carbocycles. The zero-order valence-corrected chi connectivity index (χ0v) is 25.1. The van der Waals surface area contributed by atoms with Gasteiger partial charge in [0.25, 0.3) is 0 Å². The van der Waals surface area contributed by atoms with Gasteiger partial charge >= 0.3 is 0 Å². The van der Waals surface area contributed by atoms with Crippen LogP contribution >= 0.6 is 38.5 Å². The van der Waals surface area contributed by atoms with E-state index < -0.39 is 23.7 Å². The minimum atomic E-state index is -0.672. The first-order chi connectivity index (χ1) is 19.2. The zero-order valence-electron chi connectivity index (χ0n) is 21.3. The number of ketones is 2. The fraction of sp³-hybridized carbons (Fsp3) is 0.226. The molecule has 0 radical (unpaired) electrons. The van der Waals surface area contributed by atoms with Crippen molar-refractivity contribution in [2.45, 2.75) is 18.8 Å². The molecule has 2 aromatic rings. The Kier molecular flexibility index (Phi) is 6.69. The van der Waals surface area contributed by atoms with Gasteiger partial charge in [0, 0.05) is 23.1 Å². The molecule has 3 aliphatic carbocycles. The molecule has 4 unspecified atom stereocenters. The summed E-state index contributed by atoms with van der Waals surface area (Å²) in [7, 11) is 1.45. The normalized spacial score (nSPS) is 25.7. The number of phenols is 1. The number of fused-ring (bicyclic) bond motifs is 3. The molecule has 2 amide bonds. The number of Topliss-reactive ketones (excluding diaryl/α,β-unsaturated/α-hetero) is 1. The summed E-state index contributed by atoms with van der Waals surface area (Å²) in [4.78, 5) is 55.7. The molecule has 202 valence electrons. The van der Waals surface area contributed by atoms with Gasteiger partial charge in [0.2, 0.25) is 11.8 Å². The number of anilines is 1. The molecule has 7 nitrogen and oxygen atoms in total. The first-order valence-corrected chi connectivity index (χ1v) is 14.6. The number of nitrogens with zero attached hydrogens (tertiary/aromatic N) is 1. The highest BCUT2D eigenvalue weighted by atomic mass is 127. The van der Waals surface area contributed by atoms with E-state index in [9.17, 15) is 24.3 Å². The zero-order chi connectivity index (χ0) is 28.5. The molecular weight excluding hydrogens is 689 g/mol. The van der Waals surface area contributed by atoms with Crippen molar-refractivity contribution in [3.05, 3.63) is 91.0 Å². The van der Waals surface area contributed by atoms with Gasteiger partial charge in [0.05, 0.1) is 32.7 Å². The number of benzene rings is 2. The summed E-state index contributed by atoms with van der Waals surface area (Å²) >= 11 is 5.24. The number of aromatic hydroxyl groups is 1. The summed E-state index contributed by atoms with van der Waals surface area (Å²) in [5, 5.41) is 10.5. The number of hydrogen-bond acceptors (Lipinski definition) is 6. The second-order valence-electron chi connectivity index (χ2n) is 10.3. The van der Waals surface area contributed by atoms with Crippen molar-refractivity contribution in [3.63, 3.8) is 0 Å². The minimum absolute atomic E-state index is 0.0190. The number of hydrogen-bond donors (Lipinski definition) is 1. The summed E-state index contributed by atoms with van der Waals surface area (Å²) in [6.45, 7) is 3.76. The predicted molar refractivity (Wildman–Crippen MR) is 161 cm³/mol. The minimum Gasteiger partial charge on any atom is -0.504 e. The van der Waals surface area contributed by atoms with Gasteiger partial charge in [-0.25, -0.2) is 0 Å². The number of allylic oxidation sites excluding steroid dienone is 6. The van der Waals surface area contributed by atoms with Crippen LogP contribution in [0.5, 0.6) is 11.5 Å². The molecule has 40 heavy (non-hydrogen) atoms. The molecule has 1 aliphatic heterocycles. The fourth-order valence-corrected chi connectivity index (χ4v) is 7.59. The highest BCUT2D eigenvalue weighted by Crippen LogP contribution is 2.56. The van der Waals surface area contributed by atoms with Gasteiger partial charge in [-0.1, -0.05) is 36.4 Å². The summed E-state index contributed by atoms with van der Waals surface area (Å²) < 4.78 is 6.10. The fourth-order valence-electron chi connectivity index (χ4n) is 6.52. The monoisotopic (exact) mass is 711 g/mol. The molecular formula is C31H23BrINO6. The number of ether oxygens (including phenoxy) is 1. The van der Waals surface area contributed by atoms with Gasteiger partial charge < -0.3 is 9.84 Å². The first kappa shape index (κ1) is 26.9. The second kappa shape index (κ2) is 9.95. The van der Waals surface area contributed by atoms with Crippen molar-refractivity contribution in [1.29, 1.82) is 0 Å². The van der Waals surface area contributed by atoms with E-state index in [0.29, 0.717) is 32.4 Å². The Labute approximate surface area is 252 Å². The van der Waals surface area contributed by atoms with Crippen LogP contribution in [0.1, 0.15) is 29.9 Å². The topological polar surface area (TPSA) is 101 Å². The number of carbonyl (C=O) groups excluding carboxylic acids is 4. The van der Waals surface area contributed by atoms with Crippen LogP contribution in [0.4, 0.5) is 5.69 Å². The lowest BCUT2D eigenvalue weighted by Gasteiger charge is -2.42. The Morgan fingerprint density at radius 3 is 2.50 bits per heavy atom. The molecule has 0 spiro atoms. The number of halogens is 2. The van der Waals surface area contributed by atoms with Crippen LogP contribution in [0.3, 0.4) is 0 Å². The maximum atomic E-state index is 14.0. The molecule has 4 aliphatic rings. The molecule has 4 atom stereocenters. The lowest BCUT2D eigenvalue weighted by atomic mass is 9.59. The predicted octanol–water partition coefficient (Wildman–Crippen LogP) is 5.62. The third kappa shape index (κ3) is 3.96. The number of methoxy groups -OCH3 is 1. The summed E-state index contributed by atoms with van der Waals surface area (Å²) in [6.07, 6.45) is 5.47. The Bertz CT molecular complexity index is 1640. The van der Waals surface area contributed by atoms with Crippen LogP contribution < -0.4 is 9.64 Å². The molecule has 1 heterocycles. The average molecular weight is 712 g/mol. The quantitative estimate of drug-likeness (QED) is 0.192. The van der Waals surface area contributed by atoms with Crippen LogP contribution in [0.15, 0.2) is 76.3 Å². The largest absolute Gasteiger partial charge is 0.504 e. The average Bonchev–Trinajstić information content (AvgIpc) is 3.21. The van der Waals surface area contributed by atoms with Crippen molar-refractivity contribution < 1.29 is 29.0 Å². The van der Waals surface area contributed by atoms with Crippen molar-refractivity contribution >= 4 is 73.7 Å². The second-order valence-corrected chi connectivity index (χ2v) is 12.3. The Hall–Kier alpha value is -3.31. The Morgan fingerprint density at radius 1 is 1.10 bits per heavy atom. The molecule has 0 aromatic heterocycles. The van der Waals surface area contributed by atoms with Crippen LogP contribution in [0.25, 0.3) is 6.08 Å². The van der Waals surface area contributed by atoms with Gasteiger partial charge in [-0.05, 0) is 92.7 Å². The van der Waals surface area contributed by atoms with Crippen molar-refractivity contribution in [2.75, 3.05) is 12.0 Å². The van der Waals surface area contributed by atoms with Crippen molar-refractivity contribution in [1.82, 2.24) is 0 Å². The lowest BCUT2D eigenvalue weighted by molar-refractivity contribution is -0.123. The summed E-state index contributed by atoms with van der Waals surface area (Å²) in [5.41, 5.74) is 3.59. The van der Waals surface area contributed by atoms with E-state index >= 15 is 0 Å². The third-order valence-corrected chi connectivity index (χ3v) is 9.73. The maximum Gasteiger partial charge on any atom is 0.238 e. The summed E-state index contributed by atoms with van der Waals surface area (Å²) in [5.74, 6) is -3.24. The summed E-state index contributed by atoms with van der Waals surface area (Å²) in [6, 6.07) is 10.5. The van der Waals surface area contributed by atoms with E-state index in [-0.39, 0.29) is 45.8 Å². The van der Waals surface area contributed by atoms with E-state index in [1.165, 1.54) is 18.1 Å². The lowest BCUT2D eigenvalue weighted by Crippen LogP contribution is -2.39. The number of amides is 2. The van der Waals surface area contributed by atoms with Crippen molar-refractivity contribution in [3.8, 4) is 11.5 Å². The number of phenolic OH excluding ortho intramolecular Hbond substituents is 1. The van der Waals surface area contributed by atoms with Gasteiger partial charge in [-0.3, -0.25) is 24.1 Å². The number of rotatable bonds is 4. The van der Waals surface area contributed by atoms with Crippen LogP contribution in [0.2, 0.25) is 0 Å². The molecule has 0 bridgehead atoms. The standard InChI is InChI=1S/C31H23BrINO6/c1-3-14-4-6-16(7-5-14)34-30(38)18-9-8-17-19(26(18)31(34)39)12-20-27(23(35)13-21(32)28(20)36)25(17)15-10-22(33)29(37)24(11-15)40-2/h3-8,10-11,13,18-19,25-26,37H,1,9,12H2,2H3. The van der Waals surface area contributed by atoms with E-state index in [1.807, 2.05) is 28.7 Å². The third-order valence-electron chi connectivity index (χ3n) is 8.32. The molecule has 1 saturated heterocycles. The SMILES string of the molecule is C=Cc1ccc(N2C(=O)C3CC=C4C(c5cc(I)c(O)c(OC)c5)C5=C(CC4C3C2=O)C(=O)C(Br)=CC5=O)cc1. The smallest absolute Gasteiger partial charge is 0.238 e. The van der Waals surface area contributed by atoms with E-state index in [2.05, 4.69) is 22.5 Å². The number of carbonyl (C=O) groups is 4. The molecule has 9 heteroatoms. The number of imide groups is 1. The molecule has 1 N–H and O–H groups in total. The van der Waals surface area contributed by atoms with Gasteiger partial charge in [-0.2, -0.15) is 0 Å². The van der Waals surface area contributed by atoms with Crippen LogP contribution in [0, 0.1) is 21.3 Å². The Balaban J connectivity index is 1.49. The highest BCUT2D eigenvalue weighted by molar-refractivity contribution is 14.1. The van der Waals surface area contributed by atoms with E-state index in [4.69, 9.17) is 4.74 Å². The van der Waals surface area contributed by atoms with Gasteiger partial charge in [-0.15, -0.1) is 0 Å². The first-order valence-electron chi connectivity index (χ1n) is 12.7. The van der Waals surface area contributed by atoms with Crippen LogP contribution in [-0.2, 0) is 19.2 Å². The molecule has 6 rings (SSSR count). The Morgan fingerprint density at radius 2 is 1.82 bits per heavy atom. The molecule has 1 fully saturated rings. The van der Waals surface area contributed by atoms with Crippen LogP contribution in [-0.4, -0.2) is 35.6 Å². The van der Waals surface area contributed by atoms with E-state index in [0.717, 1.165) is 11.1 Å². The van der Waals surface area contributed by atoms with Crippen molar-refractivity contribution in [2.24, 2.45) is 17.8 Å². The van der Waals surface area contributed by atoms with E-state index in [1.54, 1.807) is 42.5 Å². The highest BCUT2D eigenvalue weighted by Gasteiger charge is 2.56. The van der Waals surface area contributed by atoms with Gasteiger partial charge in [0.1, 0.15) is 0 Å². The van der Waals surface area contributed by atoms with Gasteiger partial charge in [0.15, 0.2) is 23.1 Å². The maximum absolute atomic E-state index is 14.0. The molecule has 2 aromatic carbocycles.